The van der Waals surface area contributed by atoms with E-state index in [1.807, 2.05) is 38.1 Å². The molecule has 0 fully saturated rings. The van der Waals surface area contributed by atoms with Gasteiger partial charge in [-0.2, -0.15) is 0 Å². The van der Waals surface area contributed by atoms with Crippen LogP contribution in [0, 0.1) is 5.41 Å². The summed E-state index contributed by atoms with van der Waals surface area (Å²) in [7, 11) is 0. The van der Waals surface area contributed by atoms with Gasteiger partial charge in [0.05, 0.1) is 5.41 Å². The molecule has 0 radical (unpaired) electrons. The van der Waals surface area contributed by atoms with E-state index < -0.39 is 5.41 Å². The molecule has 0 aromatic heterocycles. The molecule has 1 aromatic carbocycles. The Morgan fingerprint density at radius 1 is 1.25 bits per heavy atom. The van der Waals surface area contributed by atoms with Gasteiger partial charge in [0.1, 0.15) is 0 Å². The number of hydrogen-bond acceptors (Lipinski definition) is 1. The highest BCUT2D eigenvalue weighted by Gasteiger charge is 2.42. The number of para-hydroxylation sites is 1. The lowest BCUT2D eigenvalue weighted by molar-refractivity contribution is -0.123. The fourth-order valence-electron chi connectivity index (χ4n) is 2.49. The molecule has 1 heterocycles. The molecule has 0 unspecified atom stereocenters. The van der Waals surface area contributed by atoms with Gasteiger partial charge in [0, 0.05) is 11.3 Å². The third kappa shape index (κ3) is 1.29. The molecule has 1 aliphatic rings. The topological polar surface area (TPSA) is 29.1 Å². The van der Waals surface area contributed by atoms with Crippen LogP contribution in [0.1, 0.15) is 32.3 Å². The van der Waals surface area contributed by atoms with Crippen LogP contribution in [0.15, 0.2) is 30.8 Å². The van der Waals surface area contributed by atoms with Gasteiger partial charge in [0.25, 0.3) is 0 Å². The summed E-state index contributed by atoms with van der Waals surface area (Å²) in [6, 6.07) is 7.86. The first-order chi connectivity index (χ1) is 7.65. The second kappa shape index (κ2) is 3.78. The van der Waals surface area contributed by atoms with Crippen molar-refractivity contribution in [3.63, 3.8) is 0 Å². The SMILES string of the molecule is C=C1c2ccccc2NC(=O)C1(CC)CC. The largest absolute Gasteiger partial charge is 0.325 e. The van der Waals surface area contributed by atoms with Gasteiger partial charge >= 0.3 is 0 Å². The highest BCUT2D eigenvalue weighted by Crippen LogP contribution is 2.46. The zero-order chi connectivity index (χ0) is 11.8. The zero-order valence-electron chi connectivity index (χ0n) is 9.84. The van der Waals surface area contributed by atoms with E-state index in [9.17, 15) is 4.79 Å². The Labute approximate surface area is 96.4 Å². The van der Waals surface area contributed by atoms with Crippen LogP contribution in [-0.4, -0.2) is 5.91 Å². The molecular weight excluding hydrogens is 198 g/mol. The Morgan fingerprint density at radius 3 is 2.50 bits per heavy atom. The quantitative estimate of drug-likeness (QED) is 0.804. The van der Waals surface area contributed by atoms with Crippen molar-refractivity contribution in [2.45, 2.75) is 26.7 Å². The lowest BCUT2D eigenvalue weighted by atomic mass is 9.70. The van der Waals surface area contributed by atoms with Crippen LogP contribution in [0.2, 0.25) is 0 Å². The van der Waals surface area contributed by atoms with Crippen LogP contribution in [-0.2, 0) is 4.79 Å². The average molecular weight is 215 g/mol. The second-order valence-electron chi connectivity index (χ2n) is 4.27. The summed E-state index contributed by atoms with van der Waals surface area (Å²) >= 11 is 0. The smallest absolute Gasteiger partial charge is 0.235 e. The van der Waals surface area contributed by atoms with Crippen molar-refractivity contribution < 1.29 is 4.79 Å². The molecule has 0 saturated carbocycles. The van der Waals surface area contributed by atoms with E-state index in [1.54, 1.807) is 0 Å². The van der Waals surface area contributed by atoms with Gasteiger partial charge in [-0.05, 0) is 24.5 Å². The van der Waals surface area contributed by atoms with Crippen LogP contribution < -0.4 is 5.32 Å². The van der Waals surface area contributed by atoms with Crippen molar-refractivity contribution in [1.29, 1.82) is 0 Å². The Kier molecular flexibility index (Phi) is 2.58. The van der Waals surface area contributed by atoms with E-state index in [2.05, 4.69) is 11.9 Å². The number of nitrogens with one attached hydrogen (secondary N) is 1. The second-order valence-corrected chi connectivity index (χ2v) is 4.27. The molecule has 2 heteroatoms. The number of amides is 1. The van der Waals surface area contributed by atoms with Crippen molar-refractivity contribution in [2.75, 3.05) is 5.32 Å². The van der Waals surface area contributed by atoms with Crippen molar-refractivity contribution in [3.05, 3.63) is 36.4 Å². The average Bonchev–Trinajstić information content (AvgIpc) is 2.31. The maximum absolute atomic E-state index is 12.2. The highest BCUT2D eigenvalue weighted by molar-refractivity contribution is 6.10. The number of rotatable bonds is 2. The lowest BCUT2D eigenvalue weighted by Crippen LogP contribution is -2.39. The van der Waals surface area contributed by atoms with Crippen molar-refractivity contribution >= 4 is 17.2 Å². The zero-order valence-corrected chi connectivity index (χ0v) is 9.84. The maximum atomic E-state index is 12.2. The molecule has 2 rings (SSSR count). The van der Waals surface area contributed by atoms with E-state index in [-0.39, 0.29) is 5.91 Å². The molecule has 1 aromatic rings. The third-order valence-electron chi connectivity index (χ3n) is 3.72. The van der Waals surface area contributed by atoms with Gasteiger partial charge in [-0.1, -0.05) is 38.6 Å². The third-order valence-corrected chi connectivity index (χ3v) is 3.72. The fourth-order valence-corrected chi connectivity index (χ4v) is 2.49. The number of hydrogen-bond donors (Lipinski definition) is 1. The predicted molar refractivity (Wildman–Crippen MR) is 67.1 cm³/mol. The van der Waals surface area contributed by atoms with Crippen molar-refractivity contribution in [1.82, 2.24) is 0 Å². The summed E-state index contributed by atoms with van der Waals surface area (Å²) in [5, 5.41) is 2.98. The van der Waals surface area contributed by atoms with Gasteiger partial charge in [-0.25, -0.2) is 0 Å². The minimum atomic E-state index is -0.422. The number of anilines is 1. The summed E-state index contributed by atoms with van der Waals surface area (Å²) in [4.78, 5) is 12.2. The first-order valence-electron chi connectivity index (χ1n) is 5.76. The van der Waals surface area contributed by atoms with E-state index >= 15 is 0 Å². The van der Waals surface area contributed by atoms with Gasteiger partial charge < -0.3 is 5.32 Å². The summed E-state index contributed by atoms with van der Waals surface area (Å²) in [6.07, 6.45) is 1.59. The highest BCUT2D eigenvalue weighted by atomic mass is 16.2. The van der Waals surface area contributed by atoms with Crippen LogP contribution >= 0.6 is 0 Å². The van der Waals surface area contributed by atoms with Crippen LogP contribution in [0.25, 0.3) is 5.57 Å². The van der Waals surface area contributed by atoms with E-state index in [1.165, 1.54) is 0 Å². The molecule has 84 valence electrons. The lowest BCUT2D eigenvalue weighted by Gasteiger charge is -2.37. The molecular formula is C14H17NO. The van der Waals surface area contributed by atoms with Crippen molar-refractivity contribution in [2.24, 2.45) is 5.41 Å². The predicted octanol–water partition coefficient (Wildman–Crippen LogP) is 3.46. The Bertz CT molecular complexity index is 444. The molecule has 2 nitrogen and oxygen atoms in total. The molecule has 16 heavy (non-hydrogen) atoms. The summed E-state index contributed by atoms with van der Waals surface area (Å²) in [5.41, 5.74) is 2.49. The summed E-state index contributed by atoms with van der Waals surface area (Å²) in [5.74, 6) is 0.0844. The first kappa shape index (κ1) is 10.9. The van der Waals surface area contributed by atoms with E-state index in [4.69, 9.17) is 0 Å². The van der Waals surface area contributed by atoms with E-state index in [0.29, 0.717) is 0 Å². The van der Waals surface area contributed by atoms with Crippen LogP contribution in [0.4, 0.5) is 5.69 Å². The molecule has 0 bridgehead atoms. The van der Waals surface area contributed by atoms with Crippen molar-refractivity contribution in [3.8, 4) is 0 Å². The van der Waals surface area contributed by atoms with Gasteiger partial charge in [0.2, 0.25) is 5.91 Å². The van der Waals surface area contributed by atoms with Gasteiger partial charge in [-0.15, -0.1) is 0 Å². The molecule has 1 aliphatic heterocycles. The number of benzene rings is 1. The molecule has 1 amide bonds. The molecule has 0 spiro atoms. The molecule has 0 atom stereocenters. The first-order valence-corrected chi connectivity index (χ1v) is 5.76. The normalized spacial score (nSPS) is 17.9. The summed E-state index contributed by atoms with van der Waals surface area (Å²) in [6.45, 7) is 8.23. The maximum Gasteiger partial charge on any atom is 0.235 e. The number of carbonyl (C=O) groups excluding carboxylic acids is 1. The Balaban J connectivity index is 2.57. The molecule has 1 N–H and O–H groups in total. The van der Waals surface area contributed by atoms with Gasteiger partial charge in [0.15, 0.2) is 0 Å². The van der Waals surface area contributed by atoms with Gasteiger partial charge in [-0.3, -0.25) is 4.79 Å². The minimum Gasteiger partial charge on any atom is -0.325 e. The number of carbonyl (C=O) groups is 1. The van der Waals surface area contributed by atoms with Crippen LogP contribution in [0.5, 0.6) is 0 Å². The monoisotopic (exact) mass is 215 g/mol. The Hall–Kier alpha value is -1.57. The number of fused-ring (bicyclic) bond motifs is 1. The molecule has 0 saturated heterocycles. The summed E-state index contributed by atoms with van der Waals surface area (Å²) < 4.78 is 0. The van der Waals surface area contributed by atoms with Crippen LogP contribution in [0.3, 0.4) is 0 Å². The standard InChI is InChI=1S/C14H17NO/c1-4-14(5-2)10(3)11-8-6-7-9-12(11)15-13(14)16/h6-9H,3-5H2,1-2H3,(H,15,16). The minimum absolute atomic E-state index is 0.0844. The molecule has 0 aliphatic carbocycles. The fraction of sp³-hybridized carbons (Fsp3) is 0.357. The van der Waals surface area contributed by atoms with E-state index in [0.717, 1.165) is 29.7 Å². The Morgan fingerprint density at radius 2 is 1.88 bits per heavy atom.